The molecule has 1 unspecified atom stereocenters. The monoisotopic (exact) mass is 454 g/mol. The number of benzene rings is 3. The van der Waals surface area contributed by atoms with E-state index in [-0.39, 0.29) is 16.3 Å². The molecule has 1 amide bonds. The zero-order chi connectivity index (χ0) is 23.3. The van der Waals surface area contributed by atoms with Crippen LogP contribution in [0.3, 0.4) is 0 Å². The number of carbonyl (C=O) groups excluding carboxylic acids is 2. The fourth-order valence-corrected chi connectivity index (χ4v) is 3.35. The summed E-state index contributed by atoms with van der Waals surface area (Å²) < 4.78 is 10.6. The average molecular weight is 455 g/mol. The maximum Gasteiger partial charge on any atom is 0.346 e. The number of halogens is 1. The van der Waals surface area contributed by atoms with Crippen LogP contribution < -0.4 is 10.1 Å². The van der Waals surface area contributed by atoms with Gasteiger partial charge in [0.15, 0.2) is 0 Å². The Hall–Kier alpha value is -3.91. The summed E-state index contributed by atoms with van der Waals surface area (Å²) in [5, 5.41) is 14.4. The van der Waals surface area contributed by atoms with E-state index in [0.29, 0.717) is 22.6 Å². The maximum atomic E-state index is 13.0. The zero-order valence-corrected chi connectivity index (χ0v) is 18.0. The van der Waals surface area contributed by atoms with Crippen LogP contribution in [0.2, 0.25) is 5.02 Å². The Labute approximate surface area is 188 Å². The minimum atomic E-state index is -1.36. The van der Waals surface area contributed by atoms with Gasteiger partial charge in [-0.05, 0) is 31.2 Å². The van der Waals surface area contributed by atoms with E-state index < -0.39 is 22.9 Å². The molecule has 1 atom stereocenters. The molecule has 9 heteroatoms. The lowest BCUT2D eigenvalue weighted by atomic mass is 10.1. The van der Waals surface area contributed by atoms with Crippen molar-refractivity contribution < 1.29 is 24.0 Å². The van der Waals surface area contributed by atoms with Crippen LogP contribution in [0, 0.1) is 17.0 Å². The molecule has 3 aromatic carbocycles. The summed E-state index contributed by atoms with van der Waals surface area (Å²) in [5.74, 6) is -1.21. The van der Waals surface area contributed by atoms with Crippen LogP contribution in [0.25, 0.3) is 0 Å². The number of rotatable bonds is 7. The third kappa shape index (κ3) is 5.04. The standard InChI is InChI=1S/C23H19ClN2O6/c1-14-7-6-10-17(20(14)26(29)30)23(28)32-21(15-8-4-3-5-9-15)22(27)25-16-11-12-19(31-2)18(24)13-16/h3-13,21H,1-2H3,(H,25,27). The molecule has 164 valence electrons. The lowest BCUT2D eigenvalue weighted by molar-refractivity contribution is -0.385. The molecule has 1 N–H and O–H groups in total. The Morgan fingerprint density at radius 1 is 1.06 bits per heavy atom. The molecule has 0 aromatic heterocycles. The van der Waals surface area contributed by atoms with Crippen molar-refractivity contribution in [3.8, 4) is 5.75 Å². The molecule has 0 bridgehead atoms. The van der Waals surface area contributed by atoms with E-state index in [4.69, 9.17) is 21.1 Å². The quantitative estimate of drug-likeness (QED) is 0.302. The molecule has 0 spiro atoms. The molecular weight excluding hydrogens is 436 g/mol. The van der Waals surface area contributed by atoms with Crippen molar-refractivity contribution in [2.24, 2.45) is 0 Å². The Bertz CT molecular complexity index is 1170. The summed E-state index contributed by atoms with van der Waals surface area (Å²) in [6, 6.07) is 17.3. The van der Waals surface area contributed by atoms with Gasteiger partial charge in [0.2, 0.25) is 6.10 Å². The van der Waals surface area contributed by atoms with Crippen LogP contribution >= 0.6 is 11.6 Å². The molecular formula is C23H19ClN2O6. The molecule has 3 rings (SSSR count). The van der Waals surface area contributed by atoms with Crippen molar-refractivity contribution in [3.05, 3.63) is 98.6 Å². The highest BCUT2D eigenvalue weighted by Crippen LogP contribution is 2.30. The number of amides is 1. The number of nitro groups is 1. The number of nitro benzene ring substituents is 1. The summed E-state index contributed by atoms with van der Waals surface area (Å²) in [4.78, 5) is 36.7. The summed E-state index contributed by atoms with van der Waals surface area (Å²) in [7, 11) is 1.47. The van der Waals surface area contributed by atoms with Crippen molar-refractivity contribution in [3.63, 3.8) is 0 Å². The van der Waals surface area contributed by atoms with Gasteiger partial charge in [-0.1, -0.05) is 54.1 Å². The van der Waals surface area contributed by atoms with E-state index in [1.54, 1.807) is 42.5 Å². The molecule has 0 aliphatic rings. The van der Waals surface area contributed by atoms with Crippen molar-refractivity contribution in [1.82, 2.24) is 0 Å². The number of carbonyl (C=O) groups is 2. The van der Waals surface area contributed by atoms with Crippen LogP contribution in [0.15, 0.2) is 66.7 Å². The first kappa shape index (κ1) is 22.8. The number of hydrogen-bond donors (Lipinski definition) is 1. The van der Waals surface area contributed by atoms with Crippen LogP contribution in [0.5, 0.6) is 5.75 Å². The Morgan fingerprint density at radius 2 is 1.78 bits per heavy atom. The minimum absolute atomic E-state index is 0.240. The first-order valence-electron chi connectivity index (χ1n) is 9.46. The number of aryl methyl sites for hydroxylation is 1. The van der Waals surface area contributed by atoms with Crippen LogP contribution in [0.4, 0.5) is 11.4 Å². The third-order valence-corrected chi connectivity index (χ3v) is 4.92. The number of ether oxygens (including phenoxy) is 2. The van der Waals surface area contributed by atoms with Crippen LogP contribution in [-0.2, 0) is 9.53 Å². The van der Waals surface area contributed by atoms with Gasteiger partial charge in [-0.3, -0.25) is 14.9 Å². The van der Waals surface area contributed by atoms with Gasteiger partial charge < -0.3 is 14.8 Å². The van der Waals surface area contributed by atoms with Crippen molar-refractivity contribution in [2.75, 3.05) is 12.4 Å². The van der Waals surface area contributed by atoms with Crippen molar-refractivity contribution in [1.29, 1.82) is 0 Å². The molecule has 0 aliphatic carbocycles. The molecule has 8 nitrogen and oxygen atoms in total. The van der Waals surface area contributed by atoms with Crippen molar-refractivity contribution >= 4 is 34.9 Å². The largest absolute Gasteiger partial charge is 0.495 e. The molecule has 0 radical (unpaired) electrons. The van der Waals surface area contributed by atoms with Gasteiger partial charge in [-0.15, -0.1) is 0 Å². The molecule has 32 heavy (non-hydrogen) atoms. The van der Waals surface area contributed by atoms with Crippen molar-refractivity contribution in [2.45, 2.75) is 13.0 Å². The van der Waals surface area contributed by atoms with Gasteiger partial charge in [0.05, 0.1) is 17.1 Å². The molecule has 0 saturated heterocycles. The van der Waals surface area contributed by atoms with Crippen LogP contribution in [0.1, 0.15) is 27.6 Å². The van der Waals surface area contributed by atoms with E-state index in [0.717, 1.165) is 0 Å². The molecule has 0 aliphatic heterocycles. The second kappa shape index (κ2) is 9.93. The molecule has 0 heterocycles. The second-order valence-corrected chi connectivity index (χ2v) is 7.17. The Balaban J connectivity index is 1.92. The third-order valence-electron chi connectivity index (χ3n) is 4.62. The fourth-order valence-electron chi connectivity index (χ4n) is 3.09. The summed E-state index contributed by atoms with van der Waals surface area (Å²) >= 11 is 6.11. The summed E-state index contributed by atoms with van der Waals surface area (Å²) in [6.45, 7) is 1.52. The minimum Gasteiger partial charge on any atom is -0.495 e. The van der Waals surface area contributed by atoms with E-state index in [9.17, 15) is 19.7 Å². The number of nitrogens with one attached hydrogen (secondary N) is 1. The van der Waals surface area contributed by atoms with Crippen LogP contribution in [-0.4, -0.2) is 23.9 Å². The summed E-state index contributed by atoms with van der Waals surface area (Å²) in [6.07, 6.45) is -1.36. The Morgan fingerprint density at radius 3 is 2.41 bits per heavy atom. The topological polar surface area (TPSA) is 108 Å². The highest BCUT2D eigenvalue weighted by Gasteiger charge is 2.30. The number of para-hydroxylation sites is 1. The number of hydrogen-bond acceptors (Lipinski definition) is 6. The zero-order valence-electron chi connectivity index (χ0n) is 17.2. The number of anilines is 1. The van der Waals surface area contributed by atoms with E-state index in [1.807, 2.05) is 0 Å². The number of esters is 1. The normalized spacial score (nSPS) is 11.3. The highest BCUT2D eigenvalue weighted by molar-refractivity contribution is 6.32. The van der Waals surface area contributed by atoms with Gasteiger partial charge in [0.1, 0.15) is 11.3 Å². The number of nitrogens with zero attached hydrogens (tertiary/aromatic N) is 1. The second-order valence-electron chi connectivity index (χ2n) is 6.76. The smallest absolute Gasteiger partial charge is 0.346 e. The summed E-state index contributed by atoms with van der Waals surface area (Å²) in [5.41, 5.74) is 0.452. The first-order chi connectivity index (χ1) is 15.3. The molecule has 3 aromatic rings. The molecule has 0 saturated carbocycles. The number of methoxy groups -OCH3 is 1. The first-order valence-corrected chi connectivity index (χ1v) is 9.84. The average Bonchev–Trinajstić information content (AvgIpc) is 2.77. The highest BCUT2D eigenvalue weighted by atomic mass is 35.5. The Kier molecular flexibility index (Phi) is 7.07. The maximum absolute atomic E-state index is 13.0. The van der Waals surface area contributed by atoms with Gasteiger partial charge in [-0.2, -0.15) is 0 Å². The lowest BCUT2D eigenvalue weighted by Gasteiger charge is -2.18. The van der Waals surface area contributed by atoms with Gasteiger partial charge in [-0.25, -0.2) is 4.79 Å². The molecule has 0 fully saturated rings. The van der Waals surface area contributed by atoms with E-state index >= 15 is 0 Å². The van der Waals surface area contributed by atoms with E-state index in [1.165, 1.54) is 38.3 Å². The van der Waals surface area contributed by atoms with Gasteiger partial charge in [0, 0.05) is 16.8 Å². The van der Waals surface area contributed by atoms with Gasteiger partial charge in [0.25, 0.3) is 11.6 Å². The predicted molar refractivity (Wildman–Crippen MR) is 119 cm³/mol. The fraction of sp³-hybridized carbons (Fsp3) is 0.130. The van der Waals surface area contributed by atoms with E-state index in [2.05, 4.69) is 5.32 Å². The lowest BCUT2D eigenvalue weighted by Crippen LogP contribution is -2.26. The predicted octanol–water partition coefficient (Wildman–Crippen LogP) is 5.10. The van der Waals surface area contributed by atoms with Gasteiger partial charge >= 0.3 is 5.97 Å². The SMILES string of the molecule is COc1ccc(NC(=O)C(OC(=O)c2cccc(C)c2[N+](=O)[O-])c2ccccc2)cc1Cl.